The first-order valence-corrected chi connectivity index (χ1v) is 11.6. The van der Waals surface area contributed by atoms with Gasteiger partial charge in [0.05, 0.1) is 5.56 Å². The number of rotatable bonds is 5. The van der Waals surface area contributed by atoms with E-state index in [-0.39, 0.29) is 30.0 Å². The Morgan fingerprint density at radius 3 is 2.71 bits per heavy atom. The van der Waals surface area contributed by atoms with Gasteiger partial charge in [0.2, 0.25) is 11.8 Å². The Kier molecular flexibility index (Phi) is 6.03. The second-order valence-corrected chi connectivity index (χ2v) is 8.95. The predicted octanol–water partition coefficient (Wildman–Crippen LogP) is 3.65. The van der Waals surface area contributed by atoms with Crippen LogP contribution < -0.4 is 5.32 Å². The minimum Gasteiger partial charge on any atom is -0.436 e. The Labute approximate surface area is 197 Å². The lowest BCUT2D eigenvalue weighted by Gasteiger charge is -2.25. The Morgan fingerprint density at radius 1 is 1.15 bits per heavy atom. The first-order chi connectivity index (χ1) is 16.5. The fourth-order valence-corrected chi connectivity index (χ4v) is 4.81. The third-order valence-corrected chi connectivity index (χ3v) is 6.76. The van der Waals surface area contributed by atoms with E-state index < -0.39 is 0 Å². The Bertz CT molecular complexity index is 1250. The quantitative estimate of drug-likeness (QED) is 0.625. The van der Waals surface area contributed by atoms with Crippen LogP contribution in [0, 0.1) is 11.3 Å². The van der Waals surface area contributed by atoms with Crippen molar-refractivity contribution in [3.05, 3.63) is 53.6 Å². The summed E-state index contributed by atoms with van der Waals surface area (Å²) in [5.41, 5.74) is 2.85. The van der Waals surface area contributed by atoms with Gasteiger partial charge in [-0.1, -0.05) is 6.07 Å². The second kappa shape index (κ2) is 9.27. The lowest BCUT2D eigenvalue weighted by molar-refractivity contribution is -0.130. The van der Waals surface area contributed by atoms with Gasteiger partial charge < -0.3 is 19.4 Å². The second-order valence-electron chi connectivity index (χ2n) is 8.95. The molecular weight excluding hydrogens is 432 g/mol. The maximum absolute atomic E-state index is 13.1. The van der Waals surface area contributed by atoms with Crippen LogP contribution in [0.3, 0.4) is 0 Å². The van der Waals surface area contributed by atoms with Gasteiger partial charge in [-0.15, -0.1) is 0 Å². The number of para-hydroxylation sites is 1. The van der Waals surface area contributed by atoms with Crippen LogP contribution in [-0.4, -0.2) is 53.5 Å². The van der Waals surface area contributed by atoms with Crippen molar-refractivity contribution in [1.29, 1.82) is 5.26 Å². The molecule has 2 heterocycles. The zero-order chi connectivity index (χ0) is 23.7. The predicted molar refractivity (Wildman–Crippen MR) is 125 cm³/mol. The summed E-state index contributed by atoms with van der Waals surface area (Å²) in [6.45, 7) is 0.648. The van der Waals surface area contributed by atoms with Crippen molar-refractivity contribution in [1.82, 2.24) is 15.2 Å². The lowest BCUT2D eigenvalue weighted by atomic mass is 10.1. The Morgan fingerprint density at radius 2 is 1.97 bits per heavy atom. The smallest absolute Gasteiger partial charge is 0.253 e. The molecule has 0 spiro atoms. The molecule has 0 unspecified atom stereocenters. The number of carbonyl (C=O) groups is 2. The van der Waals surface area contributed by atoms with E-state index in [0.29, 0.717) is 34.7 Å². The van der Waals surface area contributed by atoms with E-state index in [1.807, 2.05) is 7.05 Å². The first kappa shape index (κ1) is 22.1. The van der Waals surface area contributed by atoms with Gasteiger partial charge >= 0.3 is 0 Å². The van der Waals surface area contributed by atoms with E-state index in [1.165, 1.54) is 0 Å². The number of amides is 2. The van der Waals surface area contributed by atoms with Gasteiger partial charge in [0, 0.05) is 36.9 Å². The van der Waals surface area contributed by atoms with E-state index in [0.717, 1.165) is 37.7 Å². The normalized spacial score (nSPS) is 21.9. The number of fused-ring (bicyclic) bond motifs is 1. The zero-order valence-corrected chi connectivity index (χ0v) is 19.0. The third kappa shape index (κ3) is 4.27. The number of benzene rings is 2. The van der Waals surface area contributed by atoms with E-state index in [1.54, 1.807) is 47.4 Å². The molecule has 2 aliphatic rings. The molecule has 3 aromatic rings. The number of ether oxygens (including phenoxy) is 1. The number of nitrogens with one attached hydrogen (secondary N) is 1. The minimum atomic E-state index is -0.329. The van der Waals surface area contributed by atoms with Crippen LogP contribution >= 0.6 is 0 Å². The summed E-state index contributed by atoms with van der Waals surface area (Å²) < 4.78 is 11.3. The Hall–Kier alpha value is -3.70. The largest absolute Gasteiger partial charge is 0.436 e. The zero-order valence-electron chi connectivity index (χ0n) is 19.0. The number of oxazole rings is 1. The molecule has 1 aromatic heterocycles. The average molecular weight is 459 g/mol. The molecule has 2 aromatic carbocycles. The summed E-state index contributed by atoms with van der Waals surface area (Å²) >= 11 is 0. The number of hydrogen-bond donors (Lipinski definition) is 1. The summed E-state index contributed by atoms with van der Waals surface area (Å²) in [6, 6.07) is 14.6. The van der Waals surface area contributed by atoms with Gasteiger partial charge in [-0.25, -0.2) is 4.98 Å². The highest BCUT2D eigenvalue weighted by atomic mass is 16.5. The van der Waals surface area contributed by atoms with Gasteiger partial charge in [-0.05, 0) is 68.5 Å². The molecule has 1 saturated heterocycles. The highest BCUT2D eigenvalue weighted by Gasteiger charge is 2.33. The molecule has 1 aliphatic heterocycles. The van der Waals surface area contributed by atoms with Crippen molar-refractivity contribution in [3.8, 4) is 17.5 Å². The van der Waals surface area contributed by atoms with Crippen LogP contribution in [0.1, 0.15) is 48.0 Å². The summed E-state index contributed by atoms with van der Waals surface area (Å²) in [5.74, 6) is 0.312. The molecule has 8 nitrogen and oxygen atoms in total. The molecule has 1 N–H and O–H groups in total. The maximum Gasteiger partial charge on any atom is 0.253 e. The molecule has 0 radical (unpaired) electrons. The van der Waals surface area contributed by atoms with Crippen LogP contribution in [0.15, 0.2) is 46.9 Å². The number of carbonyl (C=O) groups excluding carboxylic acids is 2. The van der Waals surface area contributed by atoms with Crippen LogP contribution in [0.5, 0.6) is 0 Å². The molecule has 0 bridgehead atoms. The van der Waals surface area contributed by atoms with Crippen molar-refractivity contribution < 1.29 is 18.7 Å². The van der Waals surface area contributed by atoms with E-state index in [4.69, 9.17) is 9.15 Å². The van der Waals surface area contributed by atoms with Crippen molar-refractivity contribution in [2.45, 2.75) is 50.3 Å². The summed E-state index contributed by atoms with van der Waals surface area (Å²) in [5, 5.41) is 12.4. The first-order valence-electron chi connectivity index (χ1n) is 11.6. The molecule has 34 heavy (non-hydrogen) atoms. The standard InChI is InChI=1S/C26H26N4O4/c1-30(20-12-11-19(14-20)28-24(31)22-6-3-13-33-22)26(32)17-9-7-16(8-10-17)25-29-23-18(15-27)4-2-5-21(23)34-25/h2,4-5,7-10,19-20,22H,3,6,11-14H2,1H3,(H,28,31)/t19-,20+,22-/m0/s1. The van der Waals surface area contributed by atoms with Crippen molar-refractivity contribution in [2.24, 2.45) is 0 Å². The molecule has 1 saturated carbocycles. The summed E-state index contributed by atoms with van der Waals surface area (Å²) in [4.78, 5) is 31.6. The van der Waals surface area contributed by atoms with Gasteiger partial charge in [-0.3, -0.25) is 9.59 Å². The molecular formula is C26H26N4O4. The molecule has 174 valence electrons. The van der Waals surface area contributed by atoms with Crippen LogP contribution in [0.2, 0.25) is 0 Å². The van der Waals surface area contributed by atoms with E-state index in [9.17, 15) is 14.9 Å². The Balaban J connectivity index is 1.23. The molecule has 3 atom stereocenters. The van der Waals surface area contributed by atoms with E-state index in [2.05, 4.69) is 16.4 Å². The average Bonchev–Trinajstić information content (AvgIpc) is 3.63. The van der Waals surface area contributed by atoms with Crippen LogP contribution in [-0.2, 0) is 9.53 Å². The SMILES string of the molecule is CN(C(=O)c1ccc(-c2nc3c(C#N)cccc3o2)cc1)[C@@H]1CC[C@H](NC(=O)[C@@H]2CCCO2)C1. The van der Waals surface area contributed by atoms with E-state index >= 15 is 0 Å². The van der Waals surface area contributed by atoms with Gasteiger partial charge in [-0.2, -0.15) is 5.26 Å². The topological polar surface area (TPSA) is 108 Å². The van der Waals surface area contributed by atoms with Crippen molar-refractivity contribution in [3.63, 3.8) is 0 Å². The van der Waals surface area contributed by atoms with Crippen molar-refractivity contribution in [2.75, 3.05) is 13.7 Å². The molecule has 2 fully saturated rings. The fourth-order valence-electron chi connectivity index (χ4n) is 4.81. The molecule has 1 aliphatic carbocycles. The number of hydrogen-bond acceptors (Lipinski definition) is 6. The van der Waals surface area contributed by atoms with Crippen molar-refractivity contribution >= 4 is 22.9 Å². The molecule has 2 amide bonds. The monoisotopic (exact) mass is 458 g/mol. The summed E-state index contributed by atoms with van der Waals surface area (Å²) in [6.07, 6.45) is 3.81. The number of nitrogens with zero attached hydrogens (tertiary/aromatic N) is 3. The number of aromatic nitrogens is 1. The molecule has 8 heteroatoms. The maximum atomic E-state index is 13.1. The minimum absolute atomic E-state index is 0.0335. The lowest BCUT2D eigenvalue weighted by Crippen LogP contribution is -2.41. The fraction of sp³-hybridized carbons (Fsp3) is 0.385. The van der Waals surface area contributed by atoms with Gasteiger partial charge in [0.25, 0.3) is 5.91 Å². The highest BCUT2D eigenvalue weighted by Crippen LogP contribution is 2.28. The van der Waals surface area contributed by atoms with Gasteiger partial charge in [0.1, 0.15) is 17.7 Å². The van der Waals surface area contributed by atoms with Gasteiger partial charge in [0.15, 0.2) is 5.58 Å². The number of nitriles is 1. The molecule has 5 rings (SSSR count). The third-order valence-electron chi connectivity index (χ3n) is 6.76. The van der Waals surface area contributed by atoms with Crippen LogP contribution in [0.25, 0.3) is 22.6 Å². The highest BCUT2D eigenvalue weighted by molar-refractivity contribution is 5.94. The summed E-state index contributed by atoms with van der Waals surface area (Å²) in [7, 11) is 1.81. The van der Waals surface area contributed by atoms with Crippen LogP contribution in [0.4, 0.5) is 0 Å².